The second-order valence-corrected chi connectivity index (χ2v) is 2.98. The van der Waals surface area contributed by atoms with Gasteiger partial charge in [-0.3, -0.25) is 4.79 Å². The van der Waals surface area contributed by atoms with Crippen LogP contribution in [-0.2, 0) is 0 Å². The van der Waals surface area contributed by atoms with Gasteiger partial charge in [-0.1, -0.05) is 15.9 Å². The summed E-state index contributed by atoms with van der Waals surface area (Å²) in [6.45, 7) is 0. The highest BCUT2D eigenvalue weighted by Crippen LogP contribution is 2.17. The first-order valence-corrected chi connectivity index (χ1v) is 4.52. The molecule has 0 saturated carbocycles. The molecule has 2 nitrogen and oxygen atoms in total. The van der Waals surface area contributed by atoms with E-state index in [1.54, 1.807) is 0 Å². The van der Waals surface area contributed by atoms with E-state index in [0.717, 1.165) is 12.1 Å². The van der Waals surface area contributed by atoms with Gasteiger partial charge in [-0.2, -0.15) is 0 Å². The number of rotatable bonds is 2. The van der Waals surface area contributed by atoms with Gasteiger partial charge in [0.25, 0.3) is 0 Å². The Hall–Kier alpha value is -0.970. The lowest BCUT2D eigenvalue weighted by molar-refractivity contribution is 0.101. The summed E-state index contributed by atoms with van der Waals surface area (Å²) in [5.41, 5.74) is 4.95. The second-order valence-electron chi connectivity index (χ2n) is 2.42. The van der Waals surface area contributed by atoms with Gasteiger partial charge in [-0.15, -0.1) is 0 Å². The van der Waals surface area contributed by atoms with Crippen molar-refractivity contribution >= 4 is 27.4 Å². The molecule has 0 bridgehead atoms. The van der Waals surface area contributed by atoms with Gasteiger partial charge >= 0.3 is 0 Å². The maximum absolute atomic E-state index is 12.9. The van der Waals surface area contributed by atoms with Crippen LogP contribution in [0.25, 0.3) is 0 Å². The summed E-state index contributed by atoms with van der Waals surface area (Å²) in [6.07, 6.45) is 0. The van der Waals surface area contributed by atoms with E-state index in [9.17, 15) is 13.6 Å². The molecule has 0 amide bonds. The first-order chi connectivity index (χ1) is 6.06. The Bertz CT molecular complexity index is 354. The van der Waals surface area contributed by atoms with E-state index < -0.39 is 17.4 Å². The zero-order valence-electron chi connectivity index (χ0n) is 6.48. The Morgan fingerprint density at radius 1 is 1.46 bits per heavy atom. The Labute approximate surface area is 81.9 Å². The van der Waals surface area contributed by atoms with Crippen LogP contribution in [0.2, 0.25) is 0 Å². The van der Waals surface area contributed by atoms with Crippen LogP contribution in [0.4, 0.5) is 14.5 Å². The molecular weight excluding hydrogens is 244 g/mol. The van der Waals surface area contributed by atoms with Crippen molar-refractivity contribution in [1.29, 1.82) is 0 Å². The van der Waals surface area contributed by atoms with Crippen LogP contribution in [0.3, 0.4) is 0 Å². The predicted octanol–water partition coefficient (Wildman–Crippen LogP) is 2.12. The van der Waals surface area contributed by atoms with Crippen LogP contribution < -0.4 is 5.73 Å². The fourth-order valence-corrected chi connectivity index (χ4v) is 1.19. The van der Waals surface area contributed by atoms with E-state index in [-0.39, 0.29) is 16.6 Å². The number of hydrogen-bond donors (Lipinski definition) is 1. The maximum Gasteiger partial charge on any atom is 0.176 e. The lowest BCUT2D eigenvalue weighted by atomic mass is 10.1. The van der Waals surface area contributed by atoms with E-state index in [4.69, 9.17) is 5.73 Å². The smallest absolute Gasteiger partial charge is 0.176 e. The van der Waals surface area contributed by atoms with Crippen LogP contribution in [0.15, 0.2) is 12.1 Å². The highest BCUT2D eigenvalue weighted by molar-refractivity contribution is 9.09. The molecule has 0 aromatic heterocycles. The van der Waals surface area contributed by atoms with Gasteiger partial charge in [-0.05, 0) is 12.1 Å². The van der Waals surface area contributed by atoms with Crippen LogP contribution in [0.1, 0.15) is 10.4 Å². The molecule has 1 aromatic carbocycles. The minimum atomic E-state index is -1.15. The molecule has 70 valence electrons. The molecule has 0 heterocycles. The van der Waals surface area contributed by atoms with Crippen molar-refractivity contribution < 1.29 is 13.6 Å². The first-order valence-electron chi connectivity index (χ1n) is 3.40. The molecule has 2 N–H and O–H groups in total. The maximum atomic E-state index is 12.9. The summed E-state index contributed by atoms with van der Waals surface area (Å²) >= 11 is 2.86. The molecule has 0 aliphatic carbocycles. The molecule has 0 saturated heterocycles. The van der Waals surface area contributed by atoms with Gasteiger partial charge in [-0.25, -0.2) is 8.78 Å². The number of halogens is 3. The van der Waals surface area contributed by atoms with E-state index in [1.165, 1.54) is 0 Å². The number of carbonyl (C=O) groups is 1. The number of benzene rings is 1. The third-order valence-electron chi connectivity index (χ3n) is 1.47. The quantitative estimate of drug-likeness (QED) is 0.496. The Morgan fingerprint density at radius 2 is 2.08 bits per heavy atom. The van der Waals surface area contributed by atoms with Gasteiger partial charge in [0.1, 0.15) is 0 Å². The Balaban J connectivity index is 3.28. The van der Waals surface area contributed by atoms with Gasteiger partial charge in [0.15, 0.2) is 17.4 Å². The van der Waals surface area contributed by atoms with E-state index >= 15 is 0 Å². The lowest BCUT2D eigenvalue weighted by Crippen LogP contribution is -2.06. The standard InChI is InChI=1S/C8H6BrF2NO/c9-3-7(13)5-1-4(12)2-6(10)8(5)11/h1-2H,3,12H2. The van der Waals surface area contributed by atoms with E-state index in [1.807, 2.05) is 0 Å². The minimum Gasteiger partial charge on any atom is -0.399 e. The van der Waals surface area contributed by atoms with E-state index in [0.29, 0.717) is 0 Å². The SMILES string of the molecule is Nc1cc(F)c(F)c(C(=O)CBr)c1. The molecule has 1 aromatic rings. The molecule has 0 unspecified atom stereocenters. The van der Waals surface area contributed by atoms with Gasteiger partial charge in [0.2, 0.25) is 0 Å². The van der Waals surface area contributed by atoms with Gasteiger partial charge < -0.3 is 5.73 Å². The van der Waals surface area contributed by atoms with Crippen molar-refractivity contribution in [2.24, 2.45) is 0 Å². The third kappa shape index (κ3) is 2.03. The van der Waals surface area contributed by atoms with Crippen LogP contribution >= 0.6 is 15.9 Å². The number of alkyl halides is 1. The van der Waals surface area contributed by atoms with Crippen LogP contribution in [0, 0.1) is 11.6 Å². The zero-order valence-corrected chi connectivity index (χ0v) is 8.07. The van der Waals surface area contributed by atoms with Crippen molar-refractivity contribution in [1.82, 2.24) is 0 Å². The predicted molar refractivity (Wildman–Crippen MR) is 48.9 cm³/mol. The van der Waals surface area contributed by atoms with Crippen molar-refractivity contribution in [2.45, 2.75) is 0 Å². The largest absolute Gasteiger partial charge is 0.399 e. The molecule has 0 spiro atoms. The van der Waals surface area contributed by atoms with Crippen LogP contribution in [0.5, 0.6) is 0 Å². The summed E-state index contributed by atoms with van der Waals surface area (Å²) in [6, 6.07) is 1.95. The van der Waals surface area contributed by atoms with Crippen molar-refractivity contribution in [3.8, 4) is 0 Å². The first kappa shape index (κ1) is 10.1. The molecule has 0 aliphatic heterocycles. The monoisotopic (exact) mass is 249 g/mol. The van der Waals surface area contributed by atoms with Crippen molar-refractivity contribution in [3.05, 3.63) is 29.3 Å². The van der Waals surface area contributed by atoms with Gasteiger partial charge in [0.05, 0.1) is 10.9 Å². The Kier molecular flexibility index (Phi) is 2.98. The summed E-state index contributed by atoms with van der Waals surface area (Å²) in [5.74, 6) is -2.80. The summed E-state index contributed by atoms with van der Waals surface area (Å²) in [7, 11) is 0. The van der Waals surface area contributed by atoms with Crippen LogP contribution in [-0.4, -0.2) is 11.1 Å². The summed E-state index contributed by atoms with van der Waals surface area (Å²) < 4.78 is 25.7. The number of carbonyl (C=O) groups excluding carboxylic acids is 1. The lowest BCUT2D eigenvalue weighted by Gasteiger charge is -2.02. The second kappa shape index (κ2) is 3.83. The number of Topliss-reactive ketones (excluding diaryl/α,β-unsaturated/α-hetero) is 1. The van der Waals surface area contributed by atoms with E-state index in [2.05, 4.69) is 15.9 Å². The molecule has 5 heteroatoms. The molecule has 0 atom stereocenters. The number of anilines is 1. The van der Waals surface area contributed by atoms with Gasteiger partial charge in [0, 0.05) is 5.69 Å². The fourth-order valence-electron chi connectivity index (χ4n) is 0.885. The average molecular weight is 250 g/mol. The normalized spacial score (nSPS) is 10.1. The number of ketones is 1. The molecule has 0 aliphatic rings. The number of nitrogens with two attached hydrogens (primary N) is 1. The topological polar surface area (TPSA) is 43.1 Å². The minimum absolute atomic E-state index is 0.0307. The zero-order chi connectivity index (χ0) is 10.0. The van der Waals surface area contributed by atoms with Crippen molar-refractivity contribution in [3.63, 3.8) is 0 Å². The third-order valence-corrected chi connectivity index (χ3v) is 1.98. The molecule has 0 radical (unpaired) electrons. The number of nitrogen functional groups attached to an aromatic ring is 1. The molecule has 0 fully saturated rings. The molecule has 13 heavy (non-hydrogen) atoms. The molecular formula is C8H6BrF2NO. The highest BCUT2D eigenvalue weighted by Gasteiger charge is 2.15. The summed E-state index contributed by atoms with van der Waals surface area (Å²) in [5, 5.41) is -0.0627. The fraction of sp³-hybridized carbons (Fsp3) is 0.125. The van der Waals surface area contributed by atoms with Crippen molar-refractivity contribution in [2.75, 3.05) is 11.1 Å². The molecule has 1 rings (SSSR count). The summed E-state index contributed by atoms with van der Waals surface area (Å²) in [4.78, 5) is 11.0. The Morgan fingerprint density at radius 3 is 2.62 bits per heavy atom. The average Bonchev–Trinajstić information content (AvgIpc) is 2.10. The number of hydrogen-bond acceptors (Lipinski definition) is 2. The highest BCUT2D eigenvalue weighted by atomic mass is 79.9.